The van der Waals surface area contributed by atoms with Gasteiger partial charge in [-0.2, -0.15) is 0 Å². The Morgan fingerprint density at radius 3 is 2.75 bits per heavy atom. The molecule has 0 radical (unpaired) electrons. The van der Waals surface area contributed by atoms with Gasteiger partial charge in [-0.1, -0.05) is 6.07 Å². The number of fused-ring (bicyclic) bond motifs is 2. The first-order chi connectivity index (χ1) is 19.5. The zero-order valence-corrected chi connectivity index (χ0v) is 23.2. The van der Waals surface area contributed by atoms with E-state index < -0.39 is 0 Å². The van der Waals surface area contributed by atoms with E-state index >= 15 is 0 Å². The van der Waals surface area contributed by atoms with Gasteiger partial charge in [-0.05, 0) is 82.3 Å². The van der Waals surface area contributed by atoms with Gasteiger partial charge >= 0.3 is 0 Å². The Labute approximate surface area is 233 Å². The average Bonchev–Trinajstić information content (AvgIpc) is 3.32. The Balaban J connectivity index is 1.39. The van der Waals surface area contributed by atoms with Crippen LogP contribution in [0.1, 0.15) is 54.5 Å². The van der Waals surface area contributed by atoms with E-state index in [0.29, 0.717) is 53.2 Å². The second-order valence-corrected chi connectivity index (χ2v) is 10.8. The second-order valence-electron chi connectivity index (χ2n) is 10.8. The smallest absolute Gasteiger partial charge is 0.160 e. The van der Waals surface area contributed by atoms with E-state index in [1.165, 1.54) is 12.1 Å². The molecule has 3 N–H and O–H groups in total. The molecular formula is C30H35FN8O. The maximum absolute atomic E-state index is 14.7. The number of likely N-dealkylation sites (N-methyl/N-ethyl adjacent to an activating group) is 1. The molecule has 2 aliphatic rings. The normalized spacial score (nSPS) is 18.0. The van der Waals surface area contributed by atoms with E-state index in [-0.39, 0.29) is 11.9 Å². The number of halogens is 1. The highest BCUT2D eigenvalue weighted by atomic mass is 19.1. The van der Waals surface area contributed by atoms with Gasteiger partial charge in [-0.3, -0.25) is 15.3 Å². The summed E-state index contributed by atoms with van der Waals surface area (Å²) in [6.45, 7) is 5.78. The maximum atomic E-state index is 14.7. The molecule has 0 saturated carbocycles. The van der Waals surface area contributed by atoms with E-state index in [9.17, 15) is 4.39 Å². The Kier molecular flexibility index (Phi) is 7.55. The number of aromatic nitrogens is 4. The molecule has 9 nitrogen and oxygen atoms in total. The first-order valence-electron chi connectivity index (χ1n) is 13.9. The van der Waals surface area contributed by atoms with Crippen molar-refractivity contribution in [2.24, 2.45) is 4.99 Å². The number of aromatic amines is 1. The summed E-state index contributed by atoms with van der Waals surface area (Å²) in [5.41, 5.74) is 6.43. The first kappa shape index (κ1) is 26.5. The van der Waals surface area contributed by atoms with Crippen molar-refractivity contribution in [3.8, 4) is 16.9 Å². The molecule has 1 fully saturated rings. The number of pyridine rings is 2. The van der Waals surface area contributed by atoms with Crippen LogP contribution in [0.4, 0.5) is 4.39 Å². The number of benzene rings is 1. The molecule has 0 spiro atoms. The maximum Gasteiger partial charge on any atom is 0.160 e. The van der Waals surface area contributed by atoms with Crippen LogP contribution in [0.3, 0.4) is 0 Å². The van der Waals surface area contributed by atoms with Crippen molar-refractivity contribution in [1.82, 2.24) is 35.5 Å². The van der Waals surface area contributed by atoms with E-state index in [0.717, 1.165) is 55.0 Å². The summed E-state index contributed by atoms with van der Waals surface area (Å²) in [5.74, 6) is 1.13. The number of ether oxygens (including phenoxy) is 1. The number of rotatable bonds is 7. The standard InChI is InChI=1S/C30H35FN8O/c1-18-23-4-5-25(19-6-9-32-10-7-19)36-26(23)28(35-17-34-18)30-37-27-24(8-11-33-29(27)38-30)20-14-21(31)16-22(15-20)40-13-12-39(2)3/h4-5,8,11,14-16,18-19,32,34H,6-7,9-10,12-13,17H2,1-3H3,(H,33,37,38)/t18-/m1/s1. The molecule has 1 aromatic carbocycles. The quantitative estimate of drug-likeness (QED) is 0.324. The molecular weight excluding hydrogens is 507 g/mol. The molecule has 4 aromatic rings. The number of imidazole rings is 1. The van der Waals surface area contributed by atoms with Crippen molar-refractivity contribution in [3.63, 3.8) is 0 Å². The van der Waals surface area contributed by atoms with Gasteiger partial charge < -0.3 is 19.9 Å². The second kappa shape index (κ2) is 11.4. The van der Waals surface area contributed by atoms with E-state index in [1.807, 2.05) is 31.1 Å². The van der Waals surface area contributed by atoms with Crippen LogP contribution in [-0.2, 0) is 0 Å². The summed E-state index contributed by atoms with van der Waals surface area (Å²) in [7, 11) is 3.95. The average molecular weight is 543 g/mol. The number of hydrogen-bond donors (Lipinski definition) is 3. The summed E-state index contributed by atoms with van der Waals surface area (Å²) in [5, 5.41) is 6.89. The van der Waals surface area contributed by atoms with Crippen molar-refractivity contribution in [2.45, 2.75) is 31.7 Å². The molecule has 208 valence electrons. The lowest BCUT2D eigenvalue weighted by atomic mass is 9.92. The van der Waals surface area contributed by atoms with Crippen LogP contribution >= 0.6 is 0 Å². The summed E-state index contributed by atoms with van der Waals surface area (Å²) in [6.07, 6.45) is 3.84. The van der Waals surface area contributed by atoms with E-state index in [4.69, 9.17) is 19.7 Å². The van der Waals surface area contributed by atoms with Gasteiger partial charge in [-0.25, -0.2) is 14.4 Å². The van der Waals surface area contributed by atoms with Gasteiger partial charge in [0.1, 0.15) is 29.4 Å². The number of aliphatic imine (C=N–C) groups is 1. The summed E-state index contributed by atoms with van der Waals surface area (Å²) in [4.78, 5) is 24.9. The number of H-pyrrole nitrogens is 1. The molecule has 0 bridgehead atoms. The lowest BCUT2D eigenvalue weighted by Gasteiger charge is -2.23. The SMILES string of the molecule is C[C@H]1NCN=C(c2nc3c(-c4cc(F)cc(OCCN(C)C)c4)ccnc3[nH]2)c2nc(C3CCNCC3)ccc21. The predicted molar refractivity (Wildman–Crippen MR) is 154 cm³/mol. The third-order valence-electron chi connectivity index (χ3n) is 7.63. The van der Waals surface area contributed by atoms with Crippen LogP contribution in [0.25, 0.3) is 22.3 Å². The van der Waals surface area contributed by atoms with Crippen molar-refractivity contribution < 1.29 is 9.13 Å². The van der Waals surface area contributed by atoms with Gasteiger partial charge in [-0.15, -0.1) is 0 Å². The van der Waals surface area contributed by atoms with Gasteiger partial charge in [0.15, 0.2) is 11.5 Å². The van der Waals surface area contributed by atoms with Crippen molar-refractivity contribution in [2.75, 3.05) is 47.0 Å². The van der Waals surface area contributed by atoms with Crippen LogP contribution in [0.2, 0.25) is 0 Å². The molecule has 40 heavy (non-hydrogen) atoms. The van der Waals surface area contributed by atoms with Gasteiger partial charge in [0.25, 0.3) is 0 Å². The van der Waals surface area contributed by atoms with Crippen molar-refractivity contribution in [1.29, 1.82) is 0 Å². The van der Waals surface area contributed by atoms with Crippen LogP contribution in [0.15, 0.2) is 47.6 Å². The van der Waals surface area contributed by atoms with Crippen molar-refractivity contribution >= 4 is 16.9 Å². The fourth-order valence-electron chi connectivity index (χ4n) is 5.41. The highest BCUT2D eigenvalue weighted by Crippen LogP contribution is 2.32. The Morgan fingerprint density at radius 1 is 1.07 bits per heavy atom. The number of nitrogens with one attached hydrogen (secondary N) is 3. The Bertz CT molecular complexity index is 1540. The number of nitrogens with zero attached hydrogens (tertiary/aromatic N) is 5. The zero-order valence-electron chi connectivity index (χ0n) is 23.2. The fourth-order valence-corrected chi connectivity index (χ4v) is 5.41. The Hall–Kier alpha value is -3.73. The lowest BCUT2D eigenvalue weighted by molar-refractivity contribution is 0.260. The predicted octanol–water partition coefficient (Wildman–Crippen LogP) is 4.03. The molecule has 0 unspecified atom stereocenters. The molecule has 1 saturated heterocycles. The lowest BCUT2D eigenvalue weighted by Crippen LogP contribution is -2.27. The third kappa shape index (κ3) is 5.47. The number of piperidine rings is 1. The fraction of sp³-hybridized carbons (Fsp3) is 0.400. The van der Waals surface area contributed by atoms with Crippen LogP contribution in [-0.4, -0.2) is 77.6 Å². The largest absolute Gasteiger partial charge is 0.492 e. The topological polar surface area (TPSA) is 103 Å². The summed E-state index contributed by atoms with van der Waals surface area (Å²) < 4.78 is 20.5. The molecule has 5 heterocycles. The third-order valence-corrected chi connectivity index (χ3v) is 7.63. The highest BCUT2D eigenvalue weighted by Gasteiger charge is 2.26. The monoisotopic (exact) mass is 542 g/mol. The zero-order chi connectivity index (χ0) is 27.6. The van der Waals surface area contributed by atoms with Gasteiger partial charge in [0.05, 0.1) is 12.4 Å². The molecule has 0 amide bonds. The van der Waals surface area contributed by atoms with E-state index in [1.54, 1.807) is 6.20 Å². The minimum atomic E-state index is -0.366. The van der Waals surface area contributed by atoms with Crippen molar-refractivity contribution in [3.05, 3.63) is 71.2 Å². The summed E-state index contributed by atoms with van der Waals surface area (Å²) in [6, 6.07) is 11.0. The minimum absolute atomic E-state index is 0.0992. The summed E-state index contributed by atoms with van der Waals surface area (Å²) >= 11 is 0. The number of hydrogen-bond acceptors (Lipinski definition) is 8. The Morgan fingerprint density at radius 2 is 1.93 bits per heavy atom. The van der Waals surface area contributed by atoms with Crippen LogP contribution in [0, 0.1) is 5.82 Å². The van der Waals surface area contributed by atoms with E-state index in [2.05, 4.69) is 39.7 Å². The minimum Gasteiger partial charge on any atom is -0.492 e. The van der Waals surface area contributed by atoms with Gasteiger partial charge in [0.2, 0.25) is 0 Å². The molecule has 2 aliphatic heterocycles. The van der Waals surface area contributed by atoms with Gasteiger partial charge in [0, 0.05) is 42.0 Å². The first-order valence-corrected chi connectivity index (χ1v) is 13.9. The molecule has 0 aliphatic carbocycles. The molecule has 1 atom stereocenters. The van der Waals surface area contributed by atoms with Crippen LogP contribution < -0.4 is 15.4 Å². The molecule has 10 heteroatoms. The molecule has 3 aromatic heterocycles. The van der Waals surface area contributed by atoms with Crippen LogP contribution in [0.5, 0.6) is 5.75 Å². The highest BCUT2D eigenvalue weighted by molar-refractivity contribution is 6.12. The molecule has 6 rings (SSSR count).